The Bertz CT molecular complexity index is 1130. The lowest BCUT2D eigenvalue weighted by Crippen LogP contribution is -2.42. The molecule has 33 heavy (non-hydrogen) atoms. The third-order valence-corrected chi connectivity index (χ3v) is 7.06. The normalized spacial score (nSPS) is 18.3. The van der Waals surface area contributed by atoms with Crippen LogP contribution in [0.2, 0.25) is 0 Å². The number of carbonyl (C=O) groups excluding carboxylic acids is 4. The van der Waals surface area contributed by atoms with Gasteiger partial charge in [-0.25, -0.2) is 9.59 Å². The molecule has 1 unspecified atom stereocenters. The summed E-state index contributed by atoms with van der Waals surface area (Å²) >= 11 is 1.24. The van der Waals surface area contributed by atoms with E-state index in [1.165, 1.54) is 18.4 Å². The second kappa shape index (κ2) is 8.62. The highest BCUT2D eigenvalue weighted by Crippen LogP contribution is 2.34. The number of nitrogens with one attached hydrogen (secondary N) is 2. The van der Waals surface area contributed by atoms with Crippen molar-refractivity contribution in [2.75, 3.05) is 19.0 Å². The van der Waals surface area contributed by atoms with Crippen LogP contribution < -0.4 is 10.6 Å². The van der Waals surface area contributed by atoms with Gasteiger partial charge in [0.1, 0.15) is 17.1 Å². The number of nitrogens with zero attached hydrogens (tertiary/aromatic N) is 1. The SMILES string of the molecule is COC(=O)c1c(NC(=O)CN2C(=O)NC(C)(c3ccc(C(C)(C)C)cc3)C2=O)sc(C)c1C. The summed E-state index contributed by atoms with van der Waals surface area (Å²) in [4.78, 5) is 52.4. The maximum absolute atomic E-state index is 13.2. The van der Waals surface area contributed by atoms with Crippen molar-refractivity contribution in [3.8, 4) is 0 Å². The lowest BCUT2D eigenvalue weighted by atomic mass is 9.84. The molecule has 0 spiro atoms. The molecule has 3 rings (SSSR count). The summed E-state index contributed by atoms with van der Waals surface area (Å²) in [5.41, 5.74) is 1.40. The molecule has 1 aromatic heterocycles. The van der Waals surface area contributed by atoms with Crippen LogP contribution in [0.3, 0.4) is 0 Å². The number of amides is 4. The number of rotatable bonds is 5. The van der Waals surface area contributed by atoms with Crippen molar-refractivity contribution in [2.24, 2.45) is 0 Å². The van der Waals surface area contributed by atoms with Gasteiger partial charge >= 0.3 is 12.0 Å². The molecule has 0 radical (unpaired) electrons. The molecule has 1 atom stereocenters. The van der Waals surface area contributed by atoms with E-state index in [1.807, 2.05) is 31.2 Å². The maximum atomic E-state index is 13.2. The number of benzene rings is 1. The second-order valence-electron chi connectivity index (χ2n) is 9.30. The number of thiophene rings is 1. The smallest absolute Gasteiger partial charge is 0.341 e. The minimum atomic E-state index is -1.28. The van der Waals surface area contributed by atoms with Gasteiger partial charge < -0.3 is 15.4 Å². The van der Waals surface area contributed by atoms with Crippen LogP contribution in [0.5, 0.6) is 0 Å². The molecule has 0 aliphatic carbocycles. The average molecular weight is 472 g/mol. The third-order valence-electron chi connectivity index (χ3n) is 5.93. The summed E-state index contributed by atoms with van der Waals surface area (Å²) in [6, 6.07) is 6.87. The fraction of sp³-hybridized carbons (Fsp3) is 0.417. The molecule has 1 aliphatic heterocycles. The molecular weight excluding hydrogens is 442 g/mol. The molecule has 1 aromatic carbocycles. The summed E-state index contributed by atoms with van der Waals surface area (Å²) < 4.78 is 4.81. The highest BCUT2D eigenvalue weighted by Gasteiger charge is 2.49. The summed E-state index contributed by atoms with van der Waals surface area (Å²) in [7, 11) is 1.27. The minimum Gasteiger partial charge on any atom is -0.465 e. The Morgan fingerprint density at radius 2 is 1.76 bits per heavy atom. The quantitative estimate of drug-likeness (QED) is 0.509. The van der Waals surface area contributed by atoms with Crippen LogP contribution in [-0.2, 0) is 25.3 Å². The Morgan fingerprint density at radius 1 is 1.15 bits per heavy atom. The Kier molecular flexibility index (Phi) is 6.39. The van der Waals surface area contributed by atoms with Gasteiger partial charge in [-0.15, -0.1) is 11.3 Å². The van der Waals surface area contributed by atoms with E-state index in [0.717, 1.165) is 15.3 Å². The van der Waals surface area contributed by atoms with Crippen molar-refractivity contribution in [2.45, 2.75) is 52.5 Å². The van der Waals surface area contributed by atoms with Crippen LogP contribution in [0.25, 0.3) is 0 Å². The molecule has 1 saturated heterocycles. The summed E-state index contributed by atoms with van der Waals surface area (Å²) in [5.74, 6) is -1.66. The van der Waals surface area contributed by atoms with Gasteiger partial charge in [0.2, 0.25) is 5.91 Å². The number of hydrogen-bond acceptors (Lipinski definition) is 6. The number of esters is 1. The molecular formula is C24H29N3O5S. The van der Waals surface area contributed by atoms with Crippen molar-refractivity contribution < 1.29 is 23.9 Å². The Labute approximate surface area is 197 Å². The summed E-state index contributed by atoms with van der Waals surface area (Å²) in [5, 5.41) is 5.69. The minimum absolute atomic E-state index is 0.0476. The van der Waals surface area contributed by atoms with Gasteiger partial charge in [-0.2, -0.15) is 0 Å². The van der Waals surface area contributed by atoms with Crippen molar-refractivity contribution in [1.82, 2.24) is 10.2 Å². The van der Waals surface area contributed by atoms with E-state index in [4.69, 9.17) is 4.74 Å². The fourth-order valence-electron chi connectivity index (χ4n) is 3.71. The van der Waals surface area contributed by atoms with E-state index >= 15 is 0 Å². The van der Waals surface area contributed by atoms with Crippen molar-refractivity contribution in [1.29, 1.82) is 0 Å². The number of hydrogen-bond donors (Lipinski definition) is 2. The first kappa shape index (κ1) is 24.4. The number of carbonyl (C=O) groups is 4. The van der Waals surface area contributed by atoms with Crippen LogP contribution in [0.1, 0.15) is 59.6 Å². The number of anilines is 1. The molecule has 1 fully saturated rings. The van der Waals surface area contributed by atoms with Crippen LogP contribution in [0.15, 0.2) is 24.3 Å². The van der Waals surface area contributed by atoms with Gasteiger partial charge in [-0.3, -0.25) is 14.5 Å². The zero-order chi connectivity index (χ0) is 24.7. The number of ether oxygens (including phenoxy) is 1. The zero-order valence-electron chi connectivity index (χ0n) is 19.9. The fourth-order valence-corrected chi connectivity index (χ4v) is 4.78. The number of urea groups is 1. The molecule has 8 nitrogen and oxygen atoms in total. The Morgan fingerprint density at radius 3 is 2.30 bits per heavy atom. The summed E-state index contributed by atoms with van der Waals surface area (Å²) in [6.07, 6.45) is 0. The maximum Gasteiger partial charge on any atom is 0.341 e. The average Bonchev–Trinajstić information content (AvgIpc) is 3.14. The molecule has 2 aromatic rings. The number of methoxy groups -OCH3 is 1. The lowest BCUT2D eigenvalue weighted by Gasteiger charge is -2.24. The van der Waals surface area contributed by atoms with Gasteiger partial charge in [-0.1, -0.05) is 45.0 Å². The van der Waals surface area contributed by atoms with E-state index < -0.39 is 35.9 Å². The molecule has 2 N–H and O–H groups in total. The first-order valence-electron chi connectivity index (χ1n) is 10.5. The largest absolute Gasteiger partial charge is 0.465 e. The number of imide groups is 1. The van der Waals surface area contributed by atoms with E-state index in [2.05, 4.69) is 31.4 Å². The van der Waals surface area contributed by atoms with E-state index in [1.54, 1.807) is 13.8 Å². The second-order valence-corrected chi connectivity index (χ2v) is 10.5. The molecule has 1 aliphatic rings. The van der Waals surface area contributed by atoms with E-state index in [-0.39, 0.29) is 11.0 Å². The zero-order valence-corrected chi connectivity index (χ0v) is 20.7. The molecule has 9 heteroatoms. The molecule has 176 valence electrons. The van der Waals surface area contributed by atoms with E-state index in [0.29, 0.717) is 16.1 Å². The van der Waals surface area contributed by atoms with Crippen molar-refractivity contribution in [3.63, 3.8) is 0 Å². The van der Waals surface area contributed by atoms with Crippen molar-refractivity contribution in [3.05, 3.63) is 51.4 Å². The van der Waals surface area contributed by atoms with Crippen LogP contribution in [0, 0.1) is 13.8 Å². The van der Waals surface area contributed by atoms with Gasteiger partial charge in [-0.05, 0) is 42.9 Å². The highest BCUT2D eigenvalue weighted by molar-refractivity contribution is 7.16. The topological polar surface area (TPSA) is 105 Å². The Hall–Kier alpha value is -3.20. The predicted molar refractivity (Wildman–Crippen MR) is 127 cm³/mol. The molecule has 0 saturated carbocycles. The standard InChI is InChI=1S/C24H29N3O5S/c1-13-14(2)33-19(18(13)20(29)32-7)25-17(28)12-27-21(30)24(6,26-22(27)31)16-10-8-15(9-11-16)23(3,4)5/h8-11H,12H2,1-7H3,(H,25,28)(H,26,31). The van der Waals surface area contributed by atoms with Gasteiger partial charge in [0.25, 0.3) is 5.91 Å². The molecule has 0 bridgehead atoms. The van der Waals surface area contributed by atoms with Gasteiger partial charge in [0.15, 0.2) is 0 Å². The van der Waals surface area contributed by atoms with Gasteiger partial charge in [0.05, 0.1) is 12.7 Å². The third kappa shape index (κ3) is 4.50. The van der Waals surface area contributed by atoms with Crippen LogP contribution in [0.4, 0.5) is 9.80 Å². The van der Waals surface area contributed by atoms with Crippen LogP contribution in [-0.4, -0.2) is 42.4 Å². The highest BCUT2D eigenvalue weighted by atomic mass is 32.1. The predicted octanol–water partition coefficient (Wildman–Crippen LogP) is 3.85. The Balaban J connectivity index is 1.79. The first-order valence-corrected chi connectivity index (χ1v) is 11.3. The first-order chi connectivity index (χ1) is 15.3. The van der Waals surface area contributed by atoms with Crippen LogP contribution >= 0.6 is 11.3 Å². The summed E-state index contributed by atoms with van der Waals surface area (Å²) in [6.45, 7) is 11.0. The number of aryl methyl sites for hydroxylation is 1. The molecule has 2 heterocycles. The van der Waals surface area contributed by atoms with Crippen molar-refractivity contribution >= 4 is 40.2 Å². The molecule has 4 amide bonds. The monoisotopic (exact) mass is 471 g/mol. The lowest BCUT2D eigenvalue weighted by molar-refractivity contribution is -0.133. The van der Waals surface area contributed by atoms with E-state index in [9.17, 15) is 19.2 Å². The van der Waals surface area contributed by atoms with Gasteiger partial charge in [0, 0.05) is 4.88 Å².